The molecule has 1 saturated heterocycles. The zero-order valence-corrected chi connectivity index (χ0v) is 10.6. The van der Waals surface area contributed by atoms with Crippen LogP contribution >= 0.6 is 0 Å². The number of rotatable bonds is 2. The molecular formula is C12H13FN2O5. The van der Waals surface area contributed by atoms with Crippen LogP contribution in [-0.4, -0.2) is 44.8 Å². The summed E-state index contributed by atoms with van der Waals surface area (Å²) < 4.78 is 25.3. The number of hydrogen-bond donors (Lipinski definition) is 2. The molecule has 20 heavy (non-hydrogen) atoms. The van der Waals surface area contributed by atoms with Gasteiger partial charge in [0.15, 0.2) is 12.4 Å². The lowest BCUT2D eigenvalue weighted by Crippen LogP contribution is -2.33. The van der Waals surface area contributed by atoms with E-state index >= 15 is 0 Å². The van der Waals surface area contributed by atoms with Gasteiger partial charge in [0, 0.05) is 6.20 Å². The number of aromatic nitrogens is 2. The molecule has 0 aromatic carbocycles. The number of halogens is 1. The Bertz CT molecular complexity index is 697. The monoisotopic (exact) mass is 284 g/mol. The van der Waals surface area contributed by atoms with E-state index in [1.807, 2.05) is 0 Å². The highest BCUT2D eigenvalue weighted by Gasteiger charge is 2.45. The molecule has 4 atom stereocenters. The van der Waals surface area contributed by atoms with Crippen LogP contribution in [0.5, 0.6) is 0 Å². The van der Waals surface area contributed by atoms with Gasteiger partial charge >= 0.3 is 5.69 Å². The molecule has 2 aromatic heterocycles. The van der Waals surface area contributed by atoms with Crippen LogP contribution in [0.25, 0.3) is 11.1 Å². The minimum atomic E-state index is -1.82. The van der Waals surface area contributed by atoms with Crippen molar-refractivity contribution in [3.05, 3.63) is 28.5 Å². The number of alkyl halides is 1. The quantitative estimate of drug-likeness (QED) is 0.798. The first-order valence-corrected chi connectivity index (χ1v) is 6.09. The lowest BCUT2D eigenvalue weighted by Gasteiger charge is -2.15. The number of nitrogens with zero attached hydrogens (tertiary/aromatic N) is 2. The van der Waals surface area contributed by atoms with Crippen LogP contribution in [0.4, 0.5) is 4.39 Å². The molecule has 108 valence electrons. The number of aryl methyl sites for hydroxylation is 1. The van der Waals surface area contributed by atoms with Gasteiger partial charge in [-0.3, -0.25) is 4.57 Å². The lowest BCUT2D eigenvalue weighted by molar-refractivity contribution is -0.0489. The largest absolute Gasteiger partial charge is 0.443 e. The second-order valence-electron chi connectivity index (χ2n) is 4.73. The highest BCUT2D eigenvalue weighted by Crippen LogP contribution is 2.31. The summed E-state index contributed by atoms with van der Waals surface area (Å²) in [5, 5.41) is 19.1. The van der Waals surface area contributed by atoms with Crippen molar-refractivity contribution < 1.29 is 23.8 Å². The van der Waals surface area contributed by atoms with Crippen molar-refractivity contribution in [1.82, 2.24) is 9.55 Å². The summed E-state index contributed by atoms with van der Waals surface area (Å²) in [5.41, 5.74) is -0.582. The third-order valence-electron chi connectivity index (χ3n) is 3.31. The Hall–Kier alpha value is -1.77. The van der Waals surface area contributed by atoms with Crippen LogP contribution in [-0.2, 0) is 4.74 Å². The van der Waals surface area contributed by atoms with Crippen LogP contribution in [0.15, 0.2) is 21.5 Å². The summed E-state index contributed by atoms with van der Waals surface area (Å²) >= 11 is 0. The van der Waals surface area contributed by atoms with Gasteiger partial charge in [-0.1, -0.05) is 0 Å². The molecule has 0 spiro atoms. The van der Waals surface area contributed by atoms with Crippen molar-refractivity contribution in [2.24, 2.45) is 0 Å². The van der Waals surface area contributed by atoms with E-state index in [4.69, 9.17) is 14.3 Å². The Morgan fingerprint density at radius 1 is 1.55 bits per heavy atom. The molecule has 3 rings (SSSR count). The Kier molecular flexibility index (Phi) is 3.08. The average molecular weight is 284 g/mol. The van der Waals surface area contributed by atoms with E-state index in [9.17, 15) is 14.3 Å². The smallest absolute Gasteiger partial charge is 0.353 e. The fourth-order valence-electron chi connectivity index (χ4n) is 2.31. The third kappa shape index (κ3) is 1.92. The van der Waals surface area contributed by atoms with Crippen molar-refractivity contribution in [3.63, 3.8) is 0 Å². The summed E-state index contributed by atoms with van der Waals surface area (Å²) in [7, 11) is 0. The van der Waals surface area contributed by atoms with Crippen molar-refractivity contribution in [1.29, 1.82) is 0 Å². The number of furan rings is 1. The van der Waals surface area contributed by atoms with E-state index in [1.54, 1.807) is 13.0 Å². The first-order chi connectivity index (χ1) is 9.51. The van der Waals surface area contributed by atoms with Gasteiger partial charge in [-0.25, -0.2) is 9.18 Å². The van der Waals surface area contributed by atoms with E-state index in [0.29, 0.717) is 11.1 Å². The topological polar surface area (TPSA) is 97.7 Å². The summed E-state index contributed by atoms with van der Waals surface area (Å²) in [6.45, 7) is 1.17. The SMILES string of the molecule is Cc1cc2cn([C@@H]3O[C@H](CO)[C@@H](O)[C@@H]3F)c(=O)nc2o1. The highest BCUT2D eigenvalue weighted by atomic mass is 19.1. The van der Waals surface area contributed by atoms with Crippen LogP contribution in [0.1, 0.15) is 12.0 Å². The molecule has 1 fully saturated rings. The normalized spacial score (nSPS) is 30.2. The van der Waals surface area contributed by atoms with Crippen molar-refractivity contribution >= 4 is 11.1 Å². The third-order valence-corrected chi connectivity index (χ3v) is 3.31. The standard InChI is InChI=1S/C12H13FN2O5/c1-5-2-6-3-15(12(18)14-10(6)19-5)11-8(13)9(17)7(4-16)20-11/h2-3,7-9,11,16-17H,4H2,1H3/t7-,8+,9-,11-/m1/s1. The number of hydrogen-bond acceptors (Lipinski definition) is 6. The maximum Gasteiger partial charge on any atom is 0.353 e. The summed E-state index contributed by atoms with van der Waals surface area (Å²) in [4.78, 5) is 15.6. The van der Waals surface area contributed by atoms with E-state index in [-0.39, 0.29) is 5.71 Å². The van der Waals surface area contributed by atoms with Crippen molar-refractivity contribution in [2.75, 3.05) is 6.61 Å². The molecule has 1 aliphatic rings. The number of aliphatic hydroxyl groups excluding tert-OH is 2. The number of aliphatic hydroxyl groups is 2. The summed E-state index contributed by atoms with van der Waals surface area (Å²) in [5.74, 6) is 0.571. The first-order valence-electron chi connectivity index (χ1n) is 6.09. The molecular weight excluding hydrogens is 271 g/mol. The molecule has 2 N–H and O–H groups in total. The molecule has 0 saturated carbocycles. The van der Waals surface area contributed by atoms with Gasteiger partial charge in [-0.05, 0) is 13.0 Å². The Labute approximate surface area is 112 Å². The second kappa shape index (κ2) is 4.65. The number of fused-ring (bicyclic) bond motifs is 1. The molecule has 0 radical (unpaired) electrons. The molecule has 0 amide bonds. The molecule has 1 aliphatic heterocycles. The maximum atomic E-state index is 14.0. The van der Waals surface area contributed by atoms with Crippen LogP contribution in [0.2, 0.25) is 0 Å². The van der Waals surface area contributed by atoms with Crippen LogP contribution in [0.3, 0.4) is 0 Å². The van der Waals surface area contributed by atoms with Gasteiger partial charge in [0.1, 0.15) is 18.0 Å². The molecule has 0 unspecified atom stereocenters. The van der Waals surface area contributed by atoms with E-state index in [0.717, 1.165) is 4.57 Å². The molecule has 8 heteroatoms. The Morgan fingerprint density at radius 3 is 2.95 bits per heavy atom. The average Bonchev–Trinajstić information content (AvgIpc) is 2.89. The Balaban J connectivity index is 2.06. The number of ether oxygens (including phenoxy) is 1. The fourth-order valence-corrected chi connectivity index (χ4v) is 2.31. The lowest BCUT2D eigenvalue weighted by atomic mass is 10.1. The predicted octanol–water partition coefficient (Wildman–Crippen LogP) is -0.113. The highest BCUT2D eigenvalue weighted by molar-refractivity contribution is 5.72. The van der Waals surface area contributed by atoms with E-state index < -0.39 is 36.9 Å². The van der Waals surface area contributed by atoms with Gasteiger partial charge in [0.2, 0.25) is 5.71 Å². The molecule has 0 aliphatic carbocycles. The predicted molar refractivity (Wildman–Crippen MR) is 64.9 cm³/mol. The summed E-state index contributed by atoms with van der Waals surface area (Å²) in [6, 6.07) is 1.65. The maximum absolute atomic E-state index is 14.0. The van der Waals surface area contributed by atoms with Crippen molar-refractivity contribution in [3.8, 4) is 0 Å². The van der Waals surface area contributed by atoms with E-state index in [1.165, 1.54) is 6.20 Å². The molecule has 7 nitrogen and oxygen atoms in total. The Morgan fingerprint density at radius 2 is 2.30 bits per heavy atom. The van der Waals surface area contributed by atoms with Gasteiger partial charge in [-0.2, -0.15) is 4.98 Å². The second-order valence-corrected chi connectivity index (χ2v) is 4.73. The van der Waals surface area contributed by atoms with Gasteiger partial charge < -0.3 is 19.4 Å². The zero-order valence-electron chi connectivity index (χ0n) is 10.6. The van der Waals surface area contributed by atoms with Gasteiger partial charge in [0.25, 0.3) is 0 Å². The molecule has 0 bridgehead atoms. The van der Waals surface area contributed by atoms with Crippen molar-refractivity contribution in [2.45, 2.75) is 31.5 Å². The molecule has 2 aromatic rings. The van der Waals surface area contributed by atoms with E-state index in [2.05, 4.69) is 4.98 Å². The molecule has 3 heterocycles. The van der Waals surface area contributed by atoms with Gasteiger partial charge in [0.05, 0.1) is 12.0 Å². The fraction of sp³-hybridized carbons (Fsp3) is 0.500. The first kappa shape index (κ1) is 13.2. The van der Waals surface area contributed by atoms with Crippen LogP contribution < -0.4 is 5.69 Å². The minimum absolute atomic E-state index is 0.163. The zero-order chi connectivity index (χ0) is 14.4. The van der Waals surface area contributed by atoms with Crippen LogP contribution in [0, 0.1) is 6.92 Å². The summed E-state index contributed by atoms with van der Waals surface area (Å²) in [6.07, 6.45) is -4.33. The minimum Gasteiger partial charge on any atom is -0.443 e. The van der Waals surface area contributed by atoms with Gasteiger partial charge in [-0.15, -0.1) is 0 Å².